The Balaban J connectivity index is 2.28. The first-order chi connectivity index (χ1) is 11.5. The Labute approximate surface area is 151 Å². The second-order valence-electron chi connectivity index (χ2n) is 5.42. The highest BCUT2D eigenvalue weighted by molar-refractivity contribution is 9.10. The van der Waals surface area contributed by atoms with Gasteiger partial charge in [-0.25, -0.2) is 0 Å². The molecular formula is C16H16BrN3O3S. The van der Waals surface area contributed by atoms with Gasteiger partial charge in [0.1, 0.15) is 11.6 Å². The Morgan fingerprint density at radius 3 is 2.83 bits per heavy atom. The van der Waals surface area contributed by atoms with Crippen LogP contribution in [0.1, 0.15) is 23.5 Å². The van der Waals surface area contributed by atoms with E-state index in [9.17, 15) is 9.59 Å². The SMILES string of the molecule is COc1ccc(Br)cc1[C@@H]1CC(=O)Nc2c1c(=O)nc(SC)n2C. The van der Waals surface area contributed by atoms with E-state index in [4.69, 9.17) is 4.74 Å². The van der Waals surface area contributed by atoms with E-state index >= 15 is 0 Å². The smallest absolute Gasteiger partial charge is 0.279 e. The number of nitrogens with one attached hydrogen (secondary N) is 1. The molecule has 1 aliphatic heterocycles. The molecule has 0 fully saturated rings. The summed E-state index contributed by atoms with van der Waals surface area (Å²) in [5.41, 5.74) is 0.963. The van der Waals surface area contributed by atoms with Crippen LogP contribution in [0.3, 0.4) is 0 Å². The van der Waals surface area contributed by atoms with Crippen LogP contribution in [-0.2, 0) is 11.8 Å². The third-order valence-corrected chi connectivity index (χ3v) is 5.27. The predicted octanol–water partition coefficient (Wildman–Crippen LogP) is 2.75. The van der Waals surface area contributed by atoms with E-state index in [1.807, 2.05) is 24.5 Å². The summed E-state index contributed by atoms with van der Waals surface area (Å²) in [4.78, 5) is 29.0. The van der Waals surface area contributed by atoms with Gasteiger partial charge < -0.3 is 14.6 Å². The van der Waals surface area contributed by atoms with Crippen molar-refractivity contribution < 1.29 is 9.53 Å². The molecule has 0 bridgehead atoms. The molecule has 0 aliphatic carbocycles. The summed E-state index contributed by atoms with van der Waals surface area (Å²) in [6, 6.07) is 5.56. The highest BCUT2D eigenvalue weighted by Crippen LogP contribution is 2.40. The Kier molecular flexibility index (Phi) is 4.69. The van der Waals surface area contributed by atoms with E-state index in [0.29, 0.717) is 22.3 Å². The number of hydrogen-bond donors (Lipinski definition) is 1. The lowest BCUT2D eigenvalue weighted by Gasteiger charge is -2.28. The van der Waals surface area contributed by atoms with E-state index in [1.54, 1.807) is 18.7 Å². The average Bonchev–Trinajstić information content (AvgIpc) is 2.57. The van der Waals surface area contributed by atoms with Gasteiger partial charge >= 0.3 is 0 Å². The molecule has 6 nitrogen and oxygen atoms in total. The number of carbonyl (C=O) groups excluding carboxylic acids is 1. The van der Waals surface area contributed by atoms with Gasteiger partial charge in [-0.2, -0.15) is 4.98 Å². The maximum atomic E-state index is 12.6. The largest absolute Gasteiger partial charge is 0.496 e. The van der Waals surface area contributed by atoms with Crippen LogP contribution in [0.2, 0.25) is 0 Å². The Hall–Kier alpha value is -1.80. The molecule has 2 aromatic rings. The van der Waals surface area contributed by atoms with Gasteiger partial charge in [-0.05, 0) is 24.5 Å². The molecule has 0 saturated heterocycles. The van der Waals surface area contributed by atoms with Crippen molar-refractivity contribution in [3.63, 3.8) is 0 Å². The molecule has 8 heteroatoms. The molecule has 1 amide bonds. The molecule has 0 unspecified atom stereocenters. The molecule has 0 saturated carbocycles. The summed E-state index contributed by atoms with van der Waals surface area (Å²) in [5, 5.41) is 3.37. The monoisotopic (exact) mass is 409 g/mol. The molecule has 1 N–H and O–H groups in total. The molecule has 1 aromatic carbocycles. The third-order valence-electron chi connectivity index (χ3n) is 4.05. The maximum Gasteiger partial charge on any atom is 0.279 e. The number of amides is 1. The Morgan fingerprint density at radius 1 is 1.42 bits per heavy atom. The molecular weight excluding hydrogens is 394 g/mol. The van der Waals surface area contributed by atoms with E-state index in [2.05, 4.69) is 26.2 Å². The van der Waals surface area contributed by atoms with Crippen molar-refractivity contribution in [3.05, 3.63) is 44.2 Å². The number of benzene rings is 1. The minimum absolute atomic E-state index is 0.136. The lowest BCUT2D eigenvalue weighted by atomic mass is 9.86. The topological polar surface area (TPSA) is 73.2 Å². The number of carbonyl (C=O) groups is 1. The normalized spacial score (nSPS) is 16.5. The number of halogens is 1. The molecule has 1 atom stereocenters. The molecule has 3 rings (SSSR count). The number of methoxy groups -OCH3 is 1. The molecule has 0 radical (unpaired) electrons. The first-order valence-electron chi connectivity index (χ1n) is 7.24. The average molecular weight is 410 g/mol. The lowest BCUT2D eigenvalue weighted by Crippen LogP contribution is -2.33. The number of thioether (sulfide) groups is 1. The molecule has 1 aromatic heterocycles. The Bertz CT molecular complexity index is 882. The van der Waals surface area contributed by atoms with Crippen LogP contribution in [0, 0.1) is 0 Å². The number of hydrogen-bond acceptors (Lipinski definition) is 5. The van der Waals surface area contributed by atoms with Crippen LogP contribution in [0.4, 0.5) is 5.82 Å². The van der Waals surface area contributed by atoms with Crippen molar-refractivity contribution in [2.75, 3.05) is 18.7 Å². The quantitative estimate of drug-likeness (QED) is 0.623. The van der Waals surface area contributed by atoms with Crippen molar-refractivity contribution in [2.45, 2.75) is 17.5 Å². The number of anilines is 1. The van der Waals surface area contributed by atoms with Gasteiger partial charge in [0.25, 0.3) is 5.56 Å². The minimum atomic E-state index is -0.400. The van der Waals surface area contributed by atoms with Gasteiger partial charge in [-0.15, -0.1) is 0 Å². The van der Waals surface area contributed by atoms with Crippen molar-refractivity contribution >= 4 is 39.4 Å². The van der Waals surface area contributed by atoms with Gasteiger partial charge in [-0.1, -0.05) is 27.7 Å². The molecule has 0 spiro atoms. The number of fused-ring (bicyclic) bond motifs is 1. The first-order valence-corrected chi connectivity index (χ1v) is 9.26. The molecule has 1 aliphatic rings. The summed E-state index contributed by atoms with van der Waals surface area (Å²) in [6.45, 7) is 0. The second-order valence-corrected chi connectivity index (χ2v) is 7.11. The van der Waals surface area contributed by atoms with Crippen molar-refractivity contribution in [2.24, 2.45) is 7.05 Å². The lowest BCUT2D eigenvalue weighted by molar-refractivity contribution is -0.116. The van der Waals surface area contributed by atoms with Crippen LogP contribution in [0.25, 0.3) is 0 Å². The summed E-state index contributed by atoms with van der Waals surface area (Å²) in [7, 11) is 3.36. The molecule has 126 valence electrons. The predicted molar refractivity (Wildman–Crippen MR) is 97.0 cm³/mol. The van der Waals surface area contributed by atoms with E-state index < -0.39 is 5.92 Å². The maximum absolute atomic E-state index is 12.6. The molecule has 2 heterocycles. The van der Waals surface area contributed by atoms with Crippen molar-refractivity contribution in [1.29, 1.82) is 0 Å². The fourth-order valence-electron chi connectivity index (χ4n) is 2.96. The van der Waals surface area contributed by atoms with Gasteiger partial charge in [0, 0.05) is 29.4 Å². The summed E-state index contributed by atoms with van der Waals surface area (Å²) in [6.07, 6.45) is 2.02. The summed E-state index contributed by atoms with van der Waals surface area (Å²) in [5.74, 6) is 0.605. The third kappa shape index (κ3) is 2.84. The van der Waals surface area contributed by atoms with Gasteiger partial charge in [0.15, 0.2) is 5.16 Å². The standard InChI is InChI=1S/C16H16BrN3O3S/c1-20-14-13(15(22)19-16(20)24-3)10(7-12(21)18-14)9-6-8(17)4-5-11(9)23-2/h4-6,10H,7H2,1-3H3,(H,18,21)/t10-/m0/s1. The van der Waals surface area contributed by atoms with Gasteiger partial charge in [-0.3, -0.25) is 9.59 Å². The second kappa shape index (κ2) is 6.60. The zero-order valence-electron chi connectivity index (χ0n) is 13.4. The number of ether oxygens (including phenoxy) is 1. The van der Waals surface area contributed by atoms with Crippen LogP contribution in [-0.4, -0.2) is 28.8 Å². The van der Waals surface area contributed by atoms with E-state index in [0.717, 1.165) is 10.0 Å². The van der Waals surface area contributed by atoms with Crippen LogP contribution < -0.4 is 15.6 Å². The van der Waals surface area contributed by atoms with Gasteiger partial charge in [0.2, 0.25) is 5.91 Å². The van der Waals surface area contributed by atoms with Crippen LogP contribution >= 0.6 is 27.7 Å². The fourth-order valence-corrected chi connectivity index (χ4v) is 3.88. The van der Waals surface area contributed by atoms with Crippen molar-refractivity contribution in [3.8, 4) is 5.75 Å². The number of rotatable bonds is 3. The van der Waals surface area contributed by atoms with Crippen molar-refractivity contribution in [1.82, 2.24) is 9.55 Å². The zero-order valence-corrected chi connectivity index (χ0v) is 15.8. The number of aromatic nitrogens is 2. The van der Waals surface area contributed by atoms with Crippen LogP contribution in [0.5, 0.6) is 5.75 Å². The first kappa shape index (κ1) is 17.0. The molecule has 24 heavy (non-hydrogen) atoms. The minimum Gasteiger partial charge on any atom is -0.496 e. The zero-order chi connectivity index (χ0) is 17.4. The van der Waals surface area contributed by atoms with Crippen LogP contribution in [0.15, 0.2) is 32.6 Å². The van der Waals surface area contributed by atoms with E-state index in [1.165, 1.54) is 11.8 Å². The highest BCUT2D eigenvalue weighted by Gasteiger charge is 2.33. The summed E-state index contributed by atoms with van der Waals surface area (Å²) < 4.78 is 8.04. The number of nitrogens with zero attached hydrogens (tertiary/aromatic N) is 2. The van der Waals surface area contributed by atoms with Gasteiger partial charge in [0.05, 0.1) is 12.7 Å². The fraction of sp³-hybridized carbons (Fsp3) is 0.312. The Morgan fingerprint density at radius 2 is 2.17 bits per heavy atom. The highest BCUT2D eigenvalue weighted by atomic mass is 79.9. The van der Waals surface area contributed by atoms with E-state index in [-0.39, 0.29) is 17.9 Å². The summed E-state index contributed by atoms with van der Waals surface area (Å²) >= 11 is 4.80.